The Bertz CT molecular complexity index is 1200. The van der Waals surface area contributed by atoms with Crippen molar-refractivity contribution in [2.45, 2.75) is 168 Å². The van der Waals surface area contributed by atoms with Gasteiger partial charge in [-0.3, -0.25) is 9.36 Å². The Kier molecular flexibility index (Phi) is 39.8. The molecule has 334 valence electrons. The van der Waals surface area contributed by atoms with Gasteiger partial charge in [-0.05, 0) is 89.9 Å². The molecule has 9 heteroatoms. The molecule has 0 N–H and O–H groups in total. The molecule has 0 aliphatic rings. The Morgan fingerprint density at radius 3 is 1.52 bits per heavy atom. The first-order chi connectivity index (χ1) is 28.1. The molecule has 0 rings (SSSR count). The predicted molar refractivity (Wildman–Crippen MR) is 245 cm³/mol. The van der Waals surface area contributed by atoms with Gasteiger partial charge >= 0.3 is 5.97 Å². The lowest BCUT2D eigenvalue weighted by molar-refractivity contribution is -0.870. The fraction of sp³-hybridized carbons (Fsp3) is 0.694. The lowest BCUT2D eigenvalue weighted by atomic mass is 10.1. The molecular weight excluding hydrogens is 746 g/mol. The van der Waals surface area contributed by atoms with Crippen molar-refractivity contribution in [2.75, 3.05) is 54.1 Å². The molecule has 58 heavy (non-hydrogen) atoms. The molecule has 0 bridgehead atoms. The van der Waals surface area contributed by atoms with Crippen molar-refractivity contribution in [2.24, 2.45) is 0 Å². The zero-order chi connectivity index (χ0) is 42.7. The van der Waals surface area contributed by atoms with Crippen LogP contribution < -0.4 is 4.89 Å². The van der Waals surface area contributed by atoms with Crippen molar-refractivity contribution in [3.05, 3.63) is 85.1 Å². The first-order valence-corrected chi connectivity index (χ1v) is 24.3. The molecule has 0 aliphatic heterocycles. The van der Waals surface area contributed by atoms with E-state index in [1.165, 1.54) is 64.2 Å². The molecule has 0 heterocycles. The summed E-state index contributed by atoms with van der Waals surface area (Å²) in [5.74, 6) is -0.381. The van der Waals surface area contributed by atoms with Gasteiger partial charge < -0.3 is 27.9 Å². The quantitative estimate of drug-likeness (QED) is 0.0199. The molecule has 0 radical (unpaired) electrons. The van der Waals surface area contributed by atoms with Crippen molar-refractivity contribution >= 4 is 13.8 Å². The van der Waals surface area contributed by atoms with Gasteiger partial charge in [-0.25, -0.2) is 0 Å². The number of phosphoric acid groups is 1. The summed E-state index contributed by atoms with van der Waals surface area (Å²) in [7, 11) is 1.31. The number of hydrogen-bond donors (Lipinski definition) is 0. The maximum absolute atomic E-state index is 12.7. The minimum Gasteiger partial charge on any atom is -0.756 e. The van der Waals surface area contributed by atoms with Gasteiger partial charge in [-0.2, -0.15) is 0 Å². The third-order valence-corrected chi connectivity index (χ3v) is 10.1. The normalized spacial score (nSPS) is 14.5. The van der Waals surface area contributed by atoms with Crippen LogP contribution >= 0.6 is 7.82 Å². The maximum atomic E-state index is 12.7. The highest BCUT2D eigenvalue weighted by Gasteiger charge is 2.20. The van der Waals surface area contributed by atoms with Crippen LogP contribution in [0.4, 0.5) is 0 Å². The molecule has 0 aromatic rings. The second kappa shape index (κ2) is 41.4. The third-order valence-electron chi connectivity index (χ3n) is 9.18. The minimum atomic E-state index is -4.54. The van der Waals surface area contributed by atoms with Gasteiger partial charge in [-0.1, -0.05) is 150 Å². The van der Waals surface area contributed by atoms with Gasteiger partial charge in [0.2, 0.25) is 0 Å². The number of unbranched alkanes of at least 4 members (excludes halogenated alkanes) is 13. The zero-order valence-corrected chi connectivity index (χ0v) is 38.6. The fourth-order valence-electron chi connectivity index (χ4n) is 5.66. The summed E-state index contributed by atoms with van der Waals surface area (Å²) in [6, 6.07) is 0. The maximum Gasteiger partial charge on any atom is 0.306 e. The summed E-state index contributed by atoms with van der Waals surface area (Å²) in [5.41, 5.74) is 0. The topological polar surface area (TPSA) is 94.1 Å². The van der Waals surface area contributed by atoms with Crippen LogP contribution in [0.1, 0.15) is 162 Å². The van der Waals surface area contributed by atoms with Crippen molar-refractivity contribution in [1.82, 2.24) is 0 Å². The molecule has 8 nitrogen and oxygen atoms in total. The van der Waals surface area contributed by atoms with Crippen LogP contribution in [0.2, 0.25) is 0 Å². The van der Waals surface area contributed by atoms with Gasteiger partial charge in [0.15, 0.2) is 0 Å². The number of allylic oxidation sites excluding steroid dienone is 14. The Balaban J connectivity index is 4.34. The Morgan fingerprint density at radius 1 is 0.552 bits per heavy atom. The van der Waals surface area contributed by atoms with E-state index < -0.39 is 13.9 Å². The number of nitrogens with zero attached hydrogens (tertiary/aromatic N) is 1. The molecule has 0 saturated carbocycles. The molecule has 0 aromatic carbocycles. The number of likely N-dealkylation sites (N-methyl/N-ethyl adjacent to an activating group) is 1. The van der Waals surface area contributed by atoms with Gasteiger partial charge in [0.05, 0.1) is 34.4 Å². The van der Waals surface area contributed by atoms with E-state index in [4.69, 9.17) is 18.5 Å². The van der Waals surface area contributed by atoms with Crippen molar-refractivity contribution in [3.8, 4) is 0 Å². The van der Waals surface area contributed by atoms with Crippen LogP contribution in [-0.4, -0.2) is 70.7 Å². The summed E-state index contributed by atoms with van der Waals surface area (Å²) in [6.45, 7) is 5.19. The van der Waals surface area contributed by atoms with E-state index in [0.717, 1.165) is 70.6 Å². The first kappa shape index (κ1) is 55.7. The molecular formula is C49H86NO7P. The molecule has 0 fully saturated rings. The third kappa shape index (κ3) is 44.8. The standard InChI is InChI=1S/C49H86NO7P/c1-6-8-10-12-14-16-18-20-22-23-24-25-26-27-28-30-32-34-36-38-40-42-49(51)57-48(47-56-58(52,53)55-45-43-50(3,4)5)46-54-44-41-39-37-35-33-31-29-21-19-17-15-13-11-9-7-2/h8,10,14,16,19-22,24-25,27-28,32,34,48H,6-7,9,11-13,15,17-18,23,26,29-31,33,35-47H2,1-5H3/b10-8-,16-14-,21-19-,22-20-,25-24-,28-27-,34-32-. The Hall–Kier alpha value is -2.32. The second-order valence-corrected chi connectivity index (χ2v) is 17.4. The van der Waals surface area contributed by atoms with Gasteiger partial charge in [0, 0.05) is 13.0 Å². The number of rotatable bonds is 41. The van der Waals surface area contributed by atoms with E-state index in [1.54, 1.807) is 0 Å². The van der Waals surface area contributed by atoms with Gasteiger partial charge in [0.25, 0.3) is 7.82 Å². The number of hydrogen-bond acceptors (Lipinski definition) is 7. The van der Waals surface area contributed by atoms with Gasteiger partial charge in [-0.15, -0.1) is 0 Å². The average molecular weight is 832 g/mol. The van der Waals surface area contributed by atoms with Crippen LogP contribution in [0.5, 0.6) is 0 Å². The number of phosphoric ester groups is 1. The number of quaternary nitrogens is 1. The number of ether oxygens (including phenoxy) is 2. The predicted octanol–water partition coefficient (Wildman–Crippen LogP) is 13.0. The minimum absolute atomic E-state index is 0.0118. The monoisotopic (exact) mass is 832 g/mol. The molecule has 2 unspecified atom stereocenters. The zero-order valence-electron chi connectivity index (χ0n) is 37.7. The van der Waals surface area contributed by atoms with E-state index in [-0.39, 0.29) is 32.2 Å². The van der Waals surface area contributed by atoms with E-state index in [9.17, 15) is 14.3 Å². The number of carbonyl (C=O) groups excluding carboxylic acids is 1. The Labute approximate surface area is 356 Å². The molecule has 0 aliphatic carbocycles. The van der Waals surface area contributed by atoms with Crippen molar-refractivity contribution in [1.29, 1.82) is 0 Å². The van der Waals surface area contributed by atoms with Crippen LogP contribution in [0.15, 0.2) is 85.1 Å². The van der Waals surface area contributed by atoms with Gasteiger partial charge in [0.1, 0.15) is 19.3 Å². The second-order valence-electron chi connectivity index (χ2n) is 16.0. The lowest BCUT2D eigenvalue weighted by Crippen LogP contribution is -2.37. The summed E-state index contributed by atoms with van der Waals surface area (Å²) in [4.78, 5) is 25.1. The fourth-order valence-corrected chi connectivity index (χ4v) is 6.39. The smallest absolute Gasteiger partial charge is 0.306 e. The number of carbonyl (C=O) groups is 1. The van der Waals surface area contributed by atoms with E-state index >= 15 is 0 Å². The number of esters is 1. The van der Waals surface area contributed by atoms with Crippen molar-refractivity contribution in [3.63, 3.8) is 0 Å². The van der Waals surface area contributed by atoms with E-state index in [0.29, 0.717) is 24.1 Å². The van der Waals surface area contributed by atoms with E-state index in [2.05, 4.69) is 98.9 Å². The molecule has 2 atom stereocenters. The highest BCUT2D eigenvalue weighted by molar-refractivity contribution is 7.45. The average Bonchev–Trinajstić information content (AvgIpc) is 3.18. The van der Waals surface area contributed by atoms with E-state index in [1.807, 2.05) is 21.1 Å². The SMILES string of the molecule is CC/C=C\C/C=C\C/C=C\C/C=C\C/C=C\C/C=C\CCCCC(=O)OC(COCCCCCCCC/C=C\CCCCCCC)COP(=O)([O-])OCC[N+](C)(C)C. The van der Waals surface area contributed by atoms with Crippen LogP contribution in [0, 0.1) is 0 Å². The largest absolute Gasteiger partial charge is 0.756 e. The summed E-state index contributed by atoms with van der Waals surface area (Å²) in [6.07, 6.45) is 54.6. The molecule has 0 spiro atoms. The lowest BCUT2D eigenvalue weighted by Gasteiger charge is -2.28. The summed E-state index contributed by atoms with van der Waals surface area (Å²) in [5, 5.41) is 0. The molecule has 0 amide bonds. The highest BCUT2D eigenvalue weighted by atomic mass is 31.2. The molecule has 0 aromatic heterocycles. The summed E-state index contributed by atoms with van der Waals surface area (Å²) < 4.78 is 34.6. The van der Waals surface area contributed by atoms with Crippen LogP contribution in [0.25, 0.3) is 0 Å². The summed E-state index contributed by atoms with van der Waals surface area (Å²) >= 11 is 0. The molecule has 0 saturated heterocycles. The first-order valence-electron chi connectivity index (χ1n) is 22.8. The van der Waals surface area contributed by atoms with Crippen molar-refractivity contribution < 1.29 is 37.3 Å². The Morgan fingerprint density at radius 2 is 1.00 bits per heavy atom. The van der Waals surface area contributed by atoms with Crippen LogP contribution in [-0.2, 0) is 27.9 Å². The van der Waals surface area contributed by atoms with Crippen LogP contribution in [0.3, 0.4) is 0 Å². The highest BCUT2D eigenvalue weighted by Crippen LogP contribution is 2.38.